The summed E-state index contributed by atoms with van der Waals surface area (Å²) in [5.41, 5.74) is 2.76. The molecule has 1 amide bonds. The quantitative estimate of drug-likeness (QED) is 0.612. The molecule has 30 heavy (non-hydrogen) atoms. The van der Waals surface area contributed by atoms with Crippen LogP contribution < -0.4 is 9.64 Å². The summed E-state index contributed by atoms with van der Waals surface area (Å²) in [4.78, 5) is 18.1. The number of hydrogen-bond donors (Lipinski definition) is 0. The van der Waals surface area contributed by atoms with E-state index < -0.39 is 0 Å². The van der Waals surface area contributed by atoms with Crippen LogP contribution in [0.2, 0.25) is 0 Å². The first-order valence-corrected chi connectivity index (χ1v) is 12.0. The van der Waals surface area contributed by atoms with Gasteiger partial charge in [0.15, 0.2) is 0 Å². The smallest absolute Gasteiger partial charge is 0.229 e. The van der Waals surface area contributed by atoms with Crippen molar-refractivity contribution in [1.82, 2.24) is 4.90 Å². The molecule has 2 aliphatic rings. The van der Waals surface area contributed by atoms with Crippen molar-refractivity contribution in [2.45, 2.75) is 24.2 Å². The fourth-order valence-corrected chi connectivity index (χ4v) is 5.34. The van der Waals surface area contributed by atoms with E-state index in [1.165, 1.54) is 4.90 Å². The lowest BCUT2D eigenvalue weighted by Crippen LogP contribution is -2.47. The highest BCUT2D eigenvalue weighted by Gasteiger charge is 2.38. The summed E-state index contributed by atoms with van der Waals surface area (Å²) in [6.07, 6.45) is 2.36. The number of nitrogens with zero attached hydrogens (tertiary/aromatic N) is 3. The van der Waals surface area contributed by atoms with E-state index in [0.29, 0.717) is 31.1 Å². The molecule has 0 radical (unpaired) electrons. The van der Waals surface area contributed by atoms with Gasteiger partial charge in [0.2, 0.25) is 5.91 Å². The second kappa shape index (κ2) is 9.07. The van der Waals surface area contributed by atoms with Crippen LogP contribution in [0.5, 0.6) is 5.75 Å². The van der Waals surface area contributed by atoms with Crippen LogP contribution in [0, 0.1) is 11.3 Å². The van der Waals surface area contributed by atoms with E-state index in [9.17, 15) is 10.1 Å². The molecule has 1 fully saturated rings. The lowest BCUT2D eigenvalue weighted by Gasteiger charge is -2.42. The Hall–Kier alpha value is -2.56. The van der Waals surface area contributed by atoms with Crippen molar-refractivity contribution in [3.63, 3.8) is 0 Å². The maximum atomic E-state index is 13.0. The first kappa shape index (κ1) is 20.7. The lowest BCUT2D eigenvalue weighted by atomic mass is 9.86. The van der Waals surface area contributed by atoms with Crippen LogP contribution in [0.1, 0.15) is 24.8 Å². The van der Waals surface area contributed by atoms with Crippen molar-refractivity contribution in [3.05, 3.63) is 64.7 Å². The molecule has 0 aliphatic carbocycles. The van der Waals surface area contributed by atoms with Gasteiger partial charge in [-0.2, -0.15) is 5.26 Å². The molecule has 0 saturated carbocycles. The Morgan fingerprint density at radius 3 is 2.57 bits per heavy atom. The van der Waals surface area contributed by atoms with Gasteiger partial charge in [-0.3, -0.25) is 9.69 Å². The number of rotatable bonds is 5. The molecule has 2 aliphatic heterocycles. The number of fused-ring (bicyclic) bond motifs is 1. The van der Waals surface area contributed by atoms with E-state index in [1.807, 2.05) is 49.6 Å². The Kier molecular flexibility index (Phi) is 6.26. The molecule has 5 nitrogen and oxygen atoms in total. The van der Waals surface area contributed by atoms with Gasteiger partial charge in [0.1, 0.15) is 5.75 Å². The fraction of sp³-hybridized carbons (Fsp3) is 0.304. The molecule has 154 valence electrons. The monoisotopic (exact) mass is 437 g/mol. The normalized spacial score (nSPS) is 18.8. The molecule has 4 rings (SSSR count). The lowest BCUT2D eigenvalue weighted by molar-refractivity contribution is -0.129. The van der Waals surface area contributed by atoms with Gasteiger partial charge in [-0.15, -0.1) is 11.8 Å². The Bertz CT molecular complexity index is 997. The molecule has 0 unspecified atom stereocenters. The van der Waals surface area contributed by atoms with Crippen LogP contribution in [0.4, 0.5) is 5.69 Å². The van der Waals surface area contributed by atoms with Crippen molar-refractivity contribution in [2.24, 2.45) is 0 Å². The third-order valence-electron chi connectivity index (χ3n) is 5.32. The van der Waals surface area contributed by atoms with Crippen molar-refractivity contribution in [2.75, 3.05) is 30.3 Å². The number of carbonyl (C=O) groups is 1. The zero-order valence-corrected chi connectivity index (χ0v) is 18.6. The first-order valence-electron chi connectivity index (χ1n) is 9.83. The second-order valence-electron chi connectivity index (χ2n) is 7.06. The van der Waals surface area contributed by atoms with Crippen molar-refractivity contribution in [1.29, 1.82) is 5.26 Å². The SMILES string of the molecule is CCOc1ccc(N2CSC3=C(C#N)[C@H](c4ccc(SC)cc4)CC(=O)N3C2)cc1. The number of benzene rings is 2. The second-order valence-corrected chi connectivity index (χ2v) is 8.88. The number of allylic oxidation sites excluding steroid dienone is 1. The average molecular weight is 438 g/mol. The molecule has 7 heteroatoms. The number of thioether (sulfide) groups is 2. The predicted molar refractivity (Wildman–Crippen MR) is 122 cm³/mol. The van der Waals surface area contributed by atoms with Gasteiger partial charge in [0, 0.05) is 22.9 Å². The van der Waals surface area contributed by atoms with E-state index in [-0.39, 0.29) is 11.8 Å². The zero-order valence-electron chi connectivity index (χ0n) is 17.0. The van der Waals surface area contributed by atoms with Crippen molar-refractivity contribution < 1.29 is 9.53 Å². The van der Waals surface area contributed by atoms with E-state index in [4.69, 9.17) is 4.74 Å². The first-order chi connectivity index (χ1) is 14.6. The molecular weight excluding hydrogens is 414 g/mol. The fourth-order valence-electron chi connectivity index (χ4n) is 3.77. The van der Waals surface area contributed by atoms with Gasteiger partial charge in [-0.1, -0.05) is 23.9 Å². The van der Waals surface area contributed by atoms with E-state index in [0.717, 1.165) is 22.0 Å². The van der Waals surface area contributed by atoms with Crippen molar-refractivity contribution >= 4 is 35.1 Å². The molecule has 0 bridgehead atoms. The van der Waals surface area contributed by atoms with Crippen LogP contribution in [0.25, 0.3) is 0 Å². The number of carbonyl (C=O) groups excluding carboxylic acids is 1. The van der Waals surface area contributed by atoms with Gasteiger partial charge < -0.3 is 9.64 Å². The molecule has 1 saturated heterocycles. The highest BCUT2D eigenvalue weighted by molar-refractivity contribution is 8.03. The van der Waals surface area contributed by atoms with Gasteiger partial charge in [-0.25, -0.2) is 0 Å². The minimum absolute atomic E-state index is 0.0612. The van der Waals surface area contributed by atoms with E-state index in [2.05, 4.69) is 23.1 Å². The summed E-state index contributed by atoms with van der Waals surface area (Å²) in [5, 5.41) is 10.7. The van der Waals surface area contributed by atoms with Gasteiger partial charge in [-0.05, 0) is 55.1 Å². The maximum Gasteiger partial charge on any atom is 0.229 e. The van der Waals surface area contributed by atoms with Crippen LogP contribution in [-0.2, 0) is 4.79 Å². The van der Waals surface area contributed by atoms with Crippen LogP contribution >= 0.6 is 23.5 Å². The maximum absolute atomic E-state index is 13.0. The van der Waals surface area contributed by atoms with Crippen molar-refractivity contribution in [3.8, 4) is 11.8 Å². The minimum atomic E-state index is -0.172. The average Bonchev–Trinajstić information content (AvgIpc) is 2.79. The molecule has 2 aromatic carbocycles. The zero-order chi connectivity index (χ0) is 21.1. The highest BCUT2D eigenvalue weighted by Crippen LogP contribution is 2.43. The predicted octanol–water partition coefficient (Wildman–Crippen LogP) is 5.03. The summed E-state index contributed by atoms with van der Waals surface area (Å²) < 4.78 is 5.51. The Morgan fingerprint density at radius 2 is 1.93 bits per heavy atom. The Morgan fingerprint density at radius 1 is 1.20 bits per heavy atom. The summed E-state index contributed by atoms with van der Waals surface area (Å²) in [7, 11) is 0. The molecule has 0 aromatic heterocycles. The van der Waals surface area contributed by atoms with Crippen LogP contribution in [-0.4, -0.2) is 36.2 Å². The summed E-state index contributed by atoms with van der Waals surface area (Å²) >= 11 is 3.24. The van der Waals surface area contributed by atoms with E-state index in [1.54, 1.807) is 28.4 Å². The number of ether oxygens (including phenoxy) is 1. The summed E-state index contributed by atoms with van der Waals surface area (Å²) in [5.74, 6) is 1.42. The minimum Gasteiger partial charge on any atom is -0.494 e. The number of hydrogen-bond acceptors (Lipinski definition) is 6. The van der Waals surface area contributed by atoms with Gasteiger partial charge in [0.05, 0.1) is 35.8 Å². The molecule has 0 spiro atoms. The van der Waals surface area contributed by atoms with Crippen LogP contribution in [0.3, 0.4) is 0 Å². The third kappa shape index (κ3) is 4.03. The molecular formula is C23H23N3O2S2. The largest absolute Gasteiger partial charge is 0.494 e. The Balaban J connectivity index is 1.58. The molecule has 2 heterocycles. The molecule has 2 aromatic rings. The Labute approximate surface area is 185 Å². The number of nitriles is 1. The summed E-state index contributed by atoms with van der Waals surface area (Å²) in [6.45, 7) is 3.05. The third-order valence-corrected chi connectivity index (χ3v) is 7.22. The molecule has 1 atom stereocenters. The standard InChI is InChI=1S/C23H23N3O2S2/c1-3-28-18-8-6-17(7-9-18)25-14-26-22(27)12-20(21(13-24)23(26)30-15-25)16-4-10-19(29-2)11-5-16/h4-11,20H,3,12,14-15H2,1-2H3/t20-/m0/s1. The molecule has 0 N–H and O–H groups in total. The summed E-state index contributed by atoms with van der Waals surface area (Å²) in [6, 6.07) is 18.5. The number of amides is 1. The topological polar surface area (TPSA) is 56.6 Å². The highest BCUT2D eigenvalue weighted by atomic mass is 32.2. The van der Waals surface area contributed by atoms with Gasteiger partial charge in [0.25, 0.3) is 0 Å². The van der Waals surface area contributed by atoms with Crippen LogP contribution in [0.15, 0.2) is 64.0 Å². The van der Waals surface area contributed by atoms with Gasteiger partial charge >= 0.3 is 0 Å². The number of anilines is 1. The van der Waals surface area contributed by atoms with E-state index >= 15 is 0 Å².